The summed E-state index contributed by atoms with van der Waals surface area (Å²) in [6, 6.07) is 1.70. The molecule has 0 amide bonds. The third-order valence-corrected chi connectivity index (χ3v) is 6.12. The summed E-state index contributed by atoms with van der Waals surface area (Å²) in [5, 5.41) is 0. The molecular formula is C18H25F3N4. The lowest BCUT2D eigenvalue weighted by Gasteiger charge is -2.54. The van der Waals surface area contributed by atoms with Gasteiger partial charge >= 0.3 is 6.18 Å². The van der Waals surface area contributed by atoms with Crippen LogP contribution in [0.25, 0.3) is 0 Å². The number of hydrogen-bond donors (Lipinski definition) is 0. The van der Waals surface area contributed by atoms with E-state index in [0.29, 0.717) is 17.8 Å². The van der Waals surface area contributed by atoms with Gasteiger partial charge in [-0.15, -0.1) is 0 Å². The number of fused-ring (bicyclic) bond motifs is 1. The van der Waals surface area contributed by atoms with Gasteiger partial charge in [0.2, 0.25) is 0 Å². The fourth-order valence-corrected chi connectivity index (χ4v) is 4.77. The zero-order valence-electron chi connectivity index (χ0n) is 14.4. The third-order valence-electron chi connectivity index (χ3n) is 6.12. The molecule has 138 valence electrons. The van der Waals surface area contributed by atoms with E-state index >= 15 is 0 Å². The molecule has 3 aliphatic rings. The molecule has 2 saturated heterocycles. The van der Waals surface area contributed by atoms with Gasteiger partial charge in [-0.3, -0.25) is 4.90 Å². The van der Waals surface area contributed by atoms with E-state index in [2.05, 4.69) is 14.9 Å². The SMILES string of the molecule is FC(F)(F)c1cc(N2CCC3C(C2)CN3CC2CCCCC2)ncn1. The number of piperidine rings is 1. The first-order valence-electron chi connectivity index (χ1n) is 9.39. The van der Waals surface area contributed by atoms with Crippen molar-refractivity contribution >= 4 is 5.82 Å². The van der Waals surface area contributed by atoms with Gasteiger partial charge in [0, 0.05) is 44.2 Å². The third kappa shape index (κ3) is 3.61. The van der Waals surface area contributed by atoms with Gasteiger partial charge in [0.1, 0.15) is 17.8 Å². The normalized spacial score (nSPS) is 28.5. The number of aromatic nitrogens is 2. The van der Waals surface area contributed by atoms with Crippen LogP contribution in [0.15, 0.2) is 12.4 Å². The van der Waals surface area contributed by atoms with Crippen molar-refractivity contribution in [2.45, 2.75) is 50.7 Å². The maximum atomic E-state index is 12.8. The van der Waals surface area contributed by atoms with Crippen molar-refractivity contribution in [1.29, 1.82) is 0 Å². The Morgan fingerprint density at radius 3 is 2.56 bits per heavy atom. The molecule has 0 spiro atoms. The highest BCUT2D eigenvalue weighted by atomic mass is 19.4. The number of hydrogen-bond acceptors (Lipinski definition) is 4. The number of alkyl halides is 3. The molecule has 2 unspecified atom stereocenters. The summed E-state index contributed by atoms with van der Waals surface area (Å²) < 4.78 is 38.5. The molecule has 25 heavy (non-hydrogen) atoms. The minimum atomic E-state index is -4.41. The summed E-state index contributed by atoms with van der Waals surface area (Å²) in [5.74, 6) is 1.82. The maximum absolute atomic E-state index is 12.8. The molecule has 0 N–H and O–H groups in total. The zero-order chi connectivity index (χ0) is 17.4. The molecule has 1 aliphatic carbocycles. The van der Waals surface area contributed by atoms with Crippen molar-refractivity contribution in [3.8, 4) is 0 Å². The van der Waals surface area contributed by atoms with Crippen molar-refractivity contribution in [3.05, 3.63) is 18.1 Å². The van der Waals surface area contributed by atoms with Gasteiger partial charge in [0.15, 0.2) is 0 Å². The smallest absolute Gasteiger partial charge is 0.356 e. The molecule has 2 atom stereocenters. The molecule has 4 rings (SSSR count). The van der Waals surface area contributed by atoms with Gasteiger partial charge in [0.05, 0.1) is 0 Å². The molecule has 0 radical (unpaired) electrons. The summed E-state index contributed by atoms with van der Waals surface area (Å²) >= 11 is 0. The summed E-state index contributed by atoms with van der Waals surface area (Å²) in [7, 11) is 0. The average Bonchev–Trinajstić information content (AvgIpc) is 2.60. The summed E-state index contributed by atoms with van der Waals surface area (Å²) in [6.45, 7) is 3.87. The number of likely N-dealkylation sites (tertiary alicyclic amines) is 1. The first-order valence-corrected chi connectivity index (χ1v) is 9.39. The van der Waals surface area contributed by atoms with E-state index in [1.165, 1.54) is 38.6 Å². The molecule has 7 heteroatoms. The molecule has 3 fully saturated rings. The van der Waals surface area contributed by atoms with E-state index in [9.17, 15) is 13.2 Å². The van der Waals surface area contributed by atoms with Crippen molar-refractivity contribution in [2.75, 3.05) is 31.1 Å². The first-order chi connectivity index (χ1) is 12.0. The fourth-order valence-electron chi connectivity index (χ4n) is 4.77. The van der Waals surface area contributed by atoms with Crippen LogP contribution in [0.4, 0.5) is 19.0 Å². The van der Waals surface area contributed by atoms with Crippen LogP contribution in [0.2, 0.25) is 0 Å². The predicted molar refractivity (Wildman–Crippen MR) is 89.3 cm³/mol. The van der Waals surface area contributed by atoms with Crippen LogP contribution >= 0.6 is 0 Å². The molecule has 0 bridgehead atoms. The highest BCUT2D eigenvalue weighted by Crippen LogP contribution is 2.37. The van der Waals surface area contributed by atoms with E-state index in [0.717, 1.165) is 44.4 Å². The molecule has 0 aromatic carbocycles. The Morgan fingerprint density at radius 1 is 1.04 bits per heavy atom. The van der Waals surface area contributed by atoms with Crippen LogP contribution in [-0.4, -0.2) is 47.1 Å². The molecule has 1 aromatic heterocycles. The van der Waals surface area contributed by atoms with E-state index in [4.69, 9.17) is 0 Å². The van der Waals surface area contributed by atoms with Gasteiger partial charge < -0.3 is 4.90 Å². The van der Waals surface area contributed by atoms with E-state index in [1.807, 2.05) is 4.90 Å². The highest BCUT2D eigenvalue weighted by Gasteiger charge is 2.43. The lowest BCUT2D eigenvalue weighted by Crippen LogP contribution is -2.64. The van der Waals surface area contributed by atoms with Gasteiger partial charge in [-0.1, -0.05) is 19.3 Å². The van der Waals surface area contributed by atoms with E-state index in [1.54, 1.807) is 0 Å². The molecule has 3 heterocycles. The van der Waals surface area contributed by atoms with Crippen LogP contribution in [-0.2, 0) is 6.18 Å². The molecule has 1 aromatic rings. The van der Waals surface area contributed by atoms with Crippen molar-refractivity contribution < 1.29 is 13.2 Å². The Bertz CT molecular complexity index is 600. The van der Waals surface area contributed by atoms with Gasteiger partial charge in [-0.05, 0) is 25.2 Å². The topological polar surface area (TPSA) is 32.3 Å². The highest BCUT2D eigenvalue weighted by molar-refractivity contribution is 5.40. The van der Waals surface area contributed by atoms with Crippen LogP contribution in [0, 0.1) is 11.8 Å². The quantitative estimate of drug-likeness (QED) is 0.830. The number of halogens is 3. The van der Waals surface area contributed by atoms with E-state index in [-0.39, 0.29) is 0 Å². The molecular weight excluding hydrogens is 329 g/mol. The Hall–Kier alpha value is -1.37. The minimum Gasteiger partial charge on any atom is -0.356 e. The Balaban J connectivity index is 1.34. The summed E-state index contributed by atoms with van der Waals surface area (Å²) in [4.78, 5) is 12.0. The van der Waals surface area contributed by atoms with Crippen LogP contribution in [0.5, 0.6) is 0 Å². The Labute approximate surface area is 146 Å². The van der Waals surface area contributed by atoms with Crippen molar-refractivity contribution in [2.24, 2.45) is 11.8 Å². The van der Waals surface area contributed by atoms with Gasteiger partial charge in [-0.2, -0.15) is 13.2 Å². The number of rotatable bonds is 3. The van der Waals surface area contributed by atoms with E-state index < -0.39 is 11.9 Å². The molecule has 4 nitrogen and oxygen atoms in total. The second kappa shape index (κ2) is 6.74. The summed E-state index contributed by atoms with van der Waals surface area (Å²) in [6.07, 6.45) is 4.48. The zero-order valence-corrected chi connectivity index (χ0v) is 14.4. The van der Waals surface area contributed by atoms with Crippen molar-refractivity contribution in [1.82, 2.24) is 14.9 Å². The standard InChI is InChI=1S/C18H25F3N4/c19-18(20,21)16-8-17(23-12-22-16)24-7-6-15-14(10-24)11-25(15)9-13-4-2-1-3-5-13/h8,12-15H,1-7,9-11H2. The second-order valence-electron chi connectivity index (χ2n) is 7.78. The Kier molecular flexibility index (Phi) is 4.60. The maximum Gasteiger partial charge on any atom is 0.433 e. The Morgan fingerprint density at radius 2 is 1.84 bits per heavy atom. The van der Waals surface area contributed by atoms with Crippen LogP contribution in [0.3, 0.4) is 0 Å². The fraction of sp³-hybridized carbons (Fsp3) is 0.778. The predicted octanol–water partition coefficient (Wildman–Crippen LogP) is 3.59. The lowest BCUT2D eigenvalue weighted by atomic mass is 9.80. The molecule has 2 aliphatic heterocycles. The first kappa shape index (κ1) is 17.1. The number of anilines is 1. The summed E-state index contributed by atoms with van der Waals surface area (Å²) in [5.41, 5.74) is -0.854. The largest absolute Gasteiger partial charge is 0.433 e. The second-order valence-corrected chi connectivity index (χ2v) is 7.78. The molecule has 1 saturated carbocycles. The minimum absolute atomic E-state index is 0.409. The van der Waals surface area contributed by atoms with Crippen LogP contribution < -0.4 is 4.90 Å². The number of nitrogens with zero attached hydrogens (tertiary/aromatic N) is 4. The lowest BCUT2D eigenvalue weighted by molar-refractivity contribution is -0.141. The average molecular weight is 354 g/mol. The van der Waals surface area contributed by atoms with Crippen molar-refractivity contribution in [3.63, 3.8) is 0 Å². The van der Waals surface area contributed by atoms with Gasteiger partial charge in [-0.25, -0.2) is 9.97 Å². The van der Waals surface area contributed by atoms with Gasteiger partial charge in [0.25, 0.3) is 0 Å². The monoisotopic (exact) mass is 354 g/mol. The van der Waals surface area contributed by atoms with Crippen LogP contribution in [0.1, 0.15) is 44.2 Å².